The Kier molecular flexibility index (Phi) is 4.70. The number of hydrogen-bond acceptors (Lipinski definition) is 2. The fourth-order valence-electron chi connectivity index (χ4n) is 5.25. The van der Waals surface area contributed by atoms with Crippen molar-refractivity contribution in [2.45, 2.75) is 58.8 Å². The molecule has 2 aliphatic rings. The summed E-state index contributed by atoms with van der Waals surface area (Å²) >= 11 is 0. The van der Waals surface area contributed by atoms with E-state index in [1.807, 2.05) is 12.1 Å². The van der Waals surface area contributed by atoms with E-state index in [0.717, 1.165) is 18.3 Å². The maximum atomic E-state index is 9.95. The molecule has 3 rings (SSSR count). The minimum Gasteiger partial charge on any atom is -0.504 e. The van der Waals surface area contributed by atoms with Gasteiger partial charge in [0, 0.05) is 0 Å². The van der Waals surface area contributed by atoms with Crippen LogP contribution < -0.4 is 4.74 Å². The zero-order valence-corrected chi connectivity index (χ0v) is 14.8. The topological polar surface area (TPSA) is 29.5 Å². The Labute approximate surface area is 140 Å². The highest BCUT2D eigenvalue weighted by Gasteiger charge is 2.47. The van der Waals surface area contributed by atoms with Gasteiger partial charge in [-0.25, -0.2) is 0 Å². The fourth-order valence-corrected chi connectivity index (χ4v) is 5.25. The molecule has 2 aliphatic carbocycles. The molecule has 1 aromatic carbocycles. The van der Waals surface area contributed by atoms with E-state index in [9.17, 15) is 5.11 Å². The molecule has 23 heavy (non-hydrogen) atoms. The monoisotopic (exact) mass is 314 g/mol. The number of ether oxygens (including phenoxy) is 1. The number of fused-ring (bicyclic) bond motifs is 1. The van der Waals surface area contributed by atoms with Crippen LogP contribution in [0.4, 0.5) is 0 Å². The second-order valence-electron chi connectivity index (χ2n) is 7.57. The van der Waals surface area contributed by atoms with Crippen LogP contribution in [0.2, 0.25) is 0 Å². The number of allylic oxidation sites excluding steroid dienone is 2. The Morgan fingerprint density at radius 3 is 2.87 bits per heavy atom. The average molecular weight is 314 g/mol. The van der Waals surface area contributed by atoms with Crippen LogP contribution in [0.1, 0.15) is 57.9 Å². The maximum absolute atomic E-state index is 9.95. The van der Waals surface area contributed by atoms with Gasteiger partial charge in [0.2, 0.25) is 0 Å². The summed E-state index contributed by atoms with van der Waals surface area (Å²) in [6.45, 7) is 4.72. The van der Waals surface area contributed by atoms with E-state index in [1.54, 1.807) is 12.7 Å². The number of phenols is 1. The molecule has 1 aromatic rings. The summed E-state index contributed by atoms with van der Waals surface area (Å²) in [6.07, 6.45) is 11.5. The van der Waals surface area contributed by atoms with Crippen molar-refractivity contribution < 1.29 is 9.84 Å². The fraction of sp³-hybridized carbons (Fsp3) is 0.619. The largest absolute Gasteiger partial charge is 0.504 e. The molecule has 3 atom stereocenters. The molecule has 1 N–H and O–H groups in total. The zero-order chi connectivity index (χ0) is 16.4. The van der Waals surface area contributed by atoms with Gasteiger partial charge in [0.05, 0.1) is 7.11 Å². The van der Waals surface area contributed by atoms with Crippen molar-refractivity contribution in [3.05, 3.63) is 35.4 Å². The van der Waals surface area contributed by atoms with Crippen LogP contribution >= 0.6 is 0 Å². The van der Waals surface area contributed by atoms with Crippen LogP contribution in [0.5, 0.6) is 11.5 Å². The van der Waals surface area contributed by atoms with Gasteiger partial charge in [0.15, 0.2) is 11.5 Å². The minimum absolute atomic E-state index is 0.260. The molecule has 0 spiro atoms. The molecule has 2 heteroatoms. The Morgan fingerprint density at radius 1 is 1.35 bits per heavy atom. The molecule has 2 fully saturated rings. The molecule has 0 aliphatic heterocycles. The molecule has 126 valence electrons. The summed E-state index contributed by atoms with van der Waals surface area (Å²) in [7, 11) is 1.59. The number of phenolic OH excluding ortho intramolecular Hbond substituents is 1. The van der Waals surface area contributed by atoms with E-state index in [0.29, 0.717) is 11.2 Å². The van der Waals surface area contributed by atoms with Gasteiger partial charge in [-0.15, -0.1) is 0 Å². The quantitative estimate of drug-likeness (QED) is 0.744. The van der Waals surface area contributed by atoms with E-state index in [4.69, 9.17) is 4.74 Å². The smallest absolute Gasteiger partial charge is 0.160 e. The first kappa shape index (κ1) is 16.4. The van der Waals surface area contributed by atoms with Crippen molar-refractivity contribution >= 4 is 0 Å². The summed E-state index contributed by atoms with van der Waals surface area (Å²) in [4.78, 5) is 0. The Hall–Kier alpha value is -1.44. The lowest BCUT2D eigenvalue weighted by molar-refractivity contribution is 0.109. The van der Waals surface area contributed by atoms with Crippen molar-refractivity contribution in [2.75, 3.05) is 7.11 Å². The van der Waals surface area contributed by atoms with E-state index < -0.39 is 0 Å². The van der Waals surface area contributed by atoms with Crippen LogP contribution in [0.3, 0.4) is 0 Å². The summed E-state index contributed by atoms with van der Waals surface area (Å²) < 4.78 is 5.13. The first-order valence-corrected chi connectivity index (χ1v) is 9.10. The van der Waals surface area contributed by atoms with Gasteiger partial charge in [-0.2, -0.15) is 0 Å². The molecule has 0 amide bonds. The van der Waals surface area contributed by atoms with Gasteiger partial charge in [-0.05, 0) is 74.0 Å². The van der Waals surface area contributed by atoms with E-state index in [1.165, 1.54) is 44.1 Å². The minimum atomic E-state index is 0.260. The lowest BCUT2D eigenvalue weighted by Crippen LogP contribution is -2.34. The lowest BCUT2D eigenvalue weighted by atomic mass is 9.62. The van der Waals surface area contributed by atoms with Gasteiger partial charge >= 0.3 is 0 Å². The Bertz CT molecular complexity index is 590. The second-order valence-corrected chi connectivity index (χ2v) is 7.57. The van der Waals surface area contributed by atoms with Crippen LogP contribution in [0, 0.1) is 17.3 Å². The first-order chi connectivity index (χ1) is 11.1. The summed E-state index contributed by atoms with van der Waals surface area (Å²) in [5.74, 6) is 2.51. The second kappa shape index (κ2) is 6.59. The number of rotatable bonds is 4. The molecule has 2 saturated carbocycles. The summed E-state index contributed by atoms with van der Waals surface area (Å²) in [5.41, 5.74) is 3.38. The molecule has 0 radical (unpaired) electrons. The molecular formula is C21H30O2. The van der Waals surface area contributed by atoms with Crippen LogP contribution in [-0.2, 0) is 6.42 Å². The molecule has 3 unspecified atom stereocenters. The van der Waals surface area contributed by atoms with Crippen molar-refractivity contribution in [3.63, 3.8) is 0 Å². The van der Waals surface area contributed by atoms with Gasteiger partial charge in [-0.1, -0.05) is 37.5 Å². The predicted molar refractivity (Wildman–Crippen MR) is 94.9 cm³/mol. The van der Waals surface area contributed by atoms with Gasteiger partial charge < -0.3 is 9.84 Å². The highest BCUT2D eigenvalue weighted by molar-refractivity contribution is 5.41. The summed E-state index contributed by atoms with van der Waals surface area (Å²) in [6, 6.07) is 5.84. The maximum Gasteiger partial charge on any atom is 0.160 e. The normalized spacial score (nSPS) is 32.0. The van der Waals surface area contributed by atoms with Crippen molar-refractivity contribution in [1.82, 2.24) is 0 Å². The van der Waals surface area contributed by atoms with Crippen LogP contribution in [0.25, 0.3) is 0 Å². The average Bonchev–Trinajstić information content (AvgIpc) is 2.89. The van der Waals surface area contributed by atoms with Gasteiger partial charge in [0.1, 0.15) is 0 Å². The highest BCUT2D eigenvalue weighted by atomic mass is 16.5. The molecule has 0 saturated heterocycles. The summed E-state index contributed by atoms with van der Waals surface area (Å²) in [5, 5.41) is 9.95. The lowest BCUT2D eigenvalue weighted by Gasteiger charge is -2.43. The van der Waals surface area contributed by atoms with Gasteiger partial charge in [0.25, 0.3) is 0 Å². The Balaban J connectivity index is 1.68. The number of benzene rings is 1. The first-order valence-electron chi connectivity index (χ1n) is 9.10. The molecular weight excluding hydrogens is 284 g/mol. The molecule has 2 nitrogen and oxygen atoms in total. The van der Waals surface area contributed by atoms with Crippen molar-refractivity contribution in [3.8, 4) is 11.5 Å². The van der Waals surface area contributed by atoms with E-state index in [-0.39, 0.29) is 5.75 Å². The van der Waals surface area contributed by atoms with E-state index in [2.05, 4.69) is 26.0 Å². The van der Waals surface area contributed by atoms with Crippen LogP contribution in [-0.4, -0.2) is 12.2 Å². The SMILES string of the molecule is C/C=C1\CCC2C(CCc3ccc(OC)c(O)c3)CCCC12C. The highest BCUT2D eigenvalue weighted by Crippen LogP contribution is 2.58. The van der Waals surface area contributed by atoms with E-state index >= 15 is 0 Å². The zero-order valence-electron chi connectivity index (χ0n) is 14.8. The number of aryl methyl sites for hydroxylation is 1. The third kappa shape index (κ3) is 3.00. The molecule has 0 bridgehead atoms. The van der Waals surface area contributed by atoms with Crippen molar-refractivity contribution in [2.24, 2.45) is 17.3 Å². The third-order valence-electron chi connectivity index (χ3n) is 6.51. The number of methoxy groups -OCH3 is 1. The third-order valence-corrected chi connectivity index (χ3v) is 6.51. The van der Waals surface area contributed by atoms with Crippen LogP contribution in [0.15, 0.2) is 29.8 Å². The standard InChI is InChI=1S/C21H30O2/c1-4-17-10-11-18-16(6-5-13-21(17,18)2)9-7-15-8-12-20(23-3)19(22)14-15/h4,8,12,14,16,18,22H,5-7,9-11,13H2,1-3H3/b17-4+. The Morgan fingerprint density at radius 2 is 2.17 bits per heavy atom. The molecule has 0 heterocycles. The van der Waals surface area contributed by atoms with Gasteiger partial charge in [-0.3, -0.25) is 0 Å². The molecule has 0 aromatic heterocycles. The number of aromatic hydroxyl groups is 1. The number of hydrogen-bond donors (Lipinski definition) is 1. The predicted octanol–water partition coefficient (Wildman–Crippen LogP) is 5.50. The van der Waals surface area contributed by atoms with Crippen molar-refractivity contribution in [1.29, 1.82) is 0 Å².